The molecule has 0 amide bonds. The first-order chi connectivity index (χ1) is 10.1. The first-order valence-corrected chi connectivity index (χ1v) is 6.75. The van der Waals surface area contributed by atoms with E-state index in [1.54, 1.807) is 30.3 Å². The number of rotatable bonds is 1. The molecule has 0 aromatic heterocycles. The van der Waals surface area contributed by atoms with Gasteiger partial charge in [0, 0.05) is 5.56 Å². The zero-order valence-corrected chi connectivity index (χ0v) is 11.7. The SMILES string of the molecule is CCc1ccc(O)cc1.O=C1C=Cc2ccccc2C1=O. The van der Waals surface area contributed by atoms with Crippen LogP contribution in [0.3, 0.4) is 0 Å². The van der Waals surface area contributed by atoms with E-state index in [1.807, 2.05) is 24.3 Å². The fourth-order valence-electron chi connectivity index (χ4n) is 1.95. The normalized spacial score (nSPS) is 12.4. The van der Waals surface area contributed by atoms with Gasteiger partial charge in [-0.05, 0) is 35.8 Å². The van der Waals surface area contributed by atoms with Crippen LogP contribution in [0.1, 0.15) is 28.4 Å². The lowest BCUT2D eigenvalue weighted by molar-refractivity contribution is -0.110. The van der Waals surface area contributed by atoms with Gasteiger partial charge < -0.3 is 5.11 Å². The first-order valence-electron chi connectivity index (χ1n) is 6.75. The average Bonchev–Trinajstić information content (AvgIpc) is 2.53. The van der Waals surface area contributed by atoms with Crippen LogP contribution in [0.5, 0.6) is 5.75 Å². The number of ketones is 2. The topological polar surface area (TPSA) is 54.4 Å². The first kappa shape index (κ1) is 14.7. The summed E-state index contributed by atoms with van der Waals surface area (Å²) in [6.45, 7) is 2.09. The van der Waals surface area contributed by atoms with Gasteiger partial charge in [-0.3, -0.25) is 9.59 Å². The summed E-state index contributed by atoms with van der Waals surface area (Å²) in [7, 11) is 0. The van der Waals surface area contributed by atoms with E-state index in [9.17, 15) is 9.59 Å². The molecule has 3 nitrogen and oxygen atoms in total. The molecule has 0 bridgehead atoms. The highest BCUT2D eigenvalue weighted by Crippen LogP contribution is 2.16. The molecule has 0 unspecified atom stereocenters. The number of phenolic OH excluding ortho intramolecular Hbond substituents is 1. The summed E-state index contributed by atoms with van der Waals surface area (Å²) < 4.78 is 0. The smallest absolute Gasteiger partial charge is 0.233 e. The van der Waals surface area contributed by atoms with Crippen LogP contribution in [0.15, 0.2) is 54.6 Å². The van der Waals surface area contributed by atoms with Gasteiger partial charge >= 0.3 is 0 Å². The second-order valence-electron chi connectivity index (χ2n) is 4.63. The van der Waals surface area contributed by atoms with Crippen molar-refractivity contribution in [3.63, 3.8) is 0 Å². The van der Waals surface area contributed by atoms with Crippen molar-refractivity contribution in [2.45, 2.75) is 13.3 Å². The van der Waals surface area contributed by atoms with Crippen molar-refractivity contribution in [2.24, 2.45) is 0 Å². The summed E-state index contributed by atoms with van der Waals surface area (Å²) in [6, 6.07) is 14.3. The van der Waals surface area contributed by atoms with Gasteiger partial charge in [0.05, 0.1) is 0 Å². The Morgan fingerprint density at radius 3 is 2.24 bits per heavy atom. The third-order valence-electron chi connectivity index (χ3n) is 3.19. The summed E-state index contributed by atoms with van der Waals surface area (Å²) in [6.07, 6.45) is 4.00. The largest absolute Gasteiger partial charge is 0.508 e. The van der Waals surface area contributed by atoms with Gasteiger partial charge in [-0.15, -0.1) is 0 Å². The molecule has 0 heterocycles. The Labute approximate surface area is 123 Å². The van der Waals surface area contributed by atoms with E-state index in [0.29, 0.717) is 11.3 Å². The zero-order chi connectivity index (χ0) is 15.2. The van der Waals surface area contributed by atoms with Crippen LogP contribution in [0.2, 0.25) is 0 Å². The van der Waals surface area contributed by atoms with Crippen LogP contribution >= 0.6 is 0 Å². The lowest BCUT2D eigenvalue weighted by atomic mass is 9.96. The summed E-state index contributed by atoms with van der Waals surface area (Å²) in [5.41, 5.74) is 2.58. The van der Waals surface area contributed by atoms with Gasteiger partial charge in [0.2, 0.25) is 11.6 Å². The molecule has 21 heavy (non-hydrogen) atoms. The minimum absolute atomic E-state index is 0.340. The van der Waals surface area contributed by atoms with Crippen molar-refractivity contribution in [3.05, 3.63) is 71.3 Å². The summed E-state index contributed by atoms with van der Waals surface area (Å²) >= 11 is 0. The highest BCUT2D eigenvalue weighted by molar-refractivity contribution is 6.49. The number of fused-ring (bicyclic) bond motifs is 1. The molecule has 2 aromatic carbocycles. The summed E-state index contributed by atoms with van der Waals surface area (Å²) in [5.74, 6) is -0.506. The predicted molar refractivity (Wildman–Crippen MR) is 82.3 cm³/mol. The molecule has 3 heteroatoms. The maximum Gasteiger partial charge on any atom is 0.233 e. The van der Waals surface area contributed by atoms with Crippen LogP contribution in [0, 0.1) is 0 Å². The highest BCUT2D eigenvalue weighted by atomic mass is 16.3. The lowest BCUT2D eigenvalue weighted by Crippen LogP contribution is -2.15. The van der Waals surface area contributed by atoms with E-state index in [-0.39, 0.29) is 0 Å². The van der Waals surface area contributed by atoms with Crippen LogP contribution in [0.4, 0.5) is 0 Å². The molecule has 0 saturated heterocycles. The molecule has 106 valence electrons. The van der Waals surface area contributed by atoms with Crippen molar-refractivity contribution >= 4 is 17.6 Å². The minimum Gasteiger partial charge on any atom is -0.508 e. The van der Waals surface area contributed by atoms with Crippen LogP contribution in [-0.4, -0.2) is 16.7 Å². The van der Waals surface area contributed by atoms with Crippen LogP contribution < -0.4 is 0 Å². The van der Waals surface area contributed by atoms with Crippen molar-refractivity contribution in [3.8, 4) is 5.75 Å². The molecule has 1 aliphatic carbocycles. The third kappa shape index (κ3) is 3.66. The number of allylic oxidation sites excluding steroid dienone is 1. The highest BCUT2D eigenvalue weighted by Gasteiger charge is 2.19. The number of carbonyl (C=O) groups is 2. The van der Waals surface area contributed by atoms with E-state index < -0.39 is 11.6 Å². The Balaban J connectivity index is 0.000000161. The molecule has 3 rings (SSSR count). The van der Waals surface area contributed by atoms with Crippen molar-refractivity contribution in [1.29, 1.82) is 0 Å². The summed E-state index contributed by atoms with van der Waals surface area (Å²) in [5, 5.41) is 8.85. The molecule has 0 saturated carbocycles. The molecule has 0 radical (unpaired) electrons. The molecule has 2 aromatic rings. The van der Waals surface area contributed by atoms with E-state index in [1.165, 1.54) is 11.6 Å². The van der Waals surface area contributed by atoms with Gasteiger partial charge in [0.15, 0.2) is 0 Å². The third-order valence-corrected chi connectivity index (χ3v) is 3.19. The quantitative estimate of drug-likeness (QED) is 0.814. The molecular formula is C18H16O3. The zero-order valence-electron chi connectivity index (χ0n) is 11.7. The van der Waals surface area contributed by atoms with E-state index in [2.05, 4.69) is 6.92 Å². The number of Topliss-reactive ketones (excluding diaryl/α,β-unsaturated/α-hetero) is 1. The Hall–Kier alpha value is -2.68. The van der Waals surface area contributed by atoms with E-state index in [4.69, 9.17) is 5.11 Å². The standard InChI is InChI=1S/C10H6O2.C8H10O/c11-9-6-5-7-3-1-2-4-8(7)10(9)12;1-2-7-3-5-8(9)6-4-7/h1-6H;3-6,9H,2H2,1H3. The Morgan fingerprint density at radius 1 is 0.905 bits per heavy atom. The Bertz CT molecular complexity index is 682. The number of aryl methyl sites for hydroxylation is 1. The lowest BCUT2D eigenvalue weighted by Gasteiger charge is -2.06. The van der Waals surface area contributed by atoms with Gasteiger partial charge in [-0.2, -0.15) is 0 Å². The van der Waals surface area contributed by atoms with Crippen LogP contribution in [-0.2, 0) is 11.2 Å². The Morgan fingerprint density at radius 2 is 1.57 bits per heavy atom. The molecular weight excluding hydrogens is 264 g/mol. The second kappa shape index (κ2) is 6.66. The summed E-state index contributed by atoms with van der Waals surface area (Å²) in [4.78, 5) is 22.1. The number of hydrogen-bond donors (Lipinski definition) is 1. The van der Waals surface area contributed by atoms with Gasteiger partial charge in [-0.1, -0.05) is 49.4 Å². The van der Waals surface area contributed by atoms with Gasteiger partial charge in [-0.25, -0.2) is 0 Å². The van der Waals surface area contributed by atoms with Gasteiger partial charge in [0.25, 0.3) is 0 Å². The Kier molecular flexibility index (Phi) is 4.67. The minimum atomic E-state index is -0.436. The predicted octanol–water partition coefficient (Wildman–Crippen LogP) is 3.42. The van der Waals surface area contributed by atoms with Gasteiger partial charge in [0.1, 0.15) is 5.75 Å². The van der Waals surface area contributed by atoms with Crippen LogP contribution in [0.25, 0.3) is 6.08 Å². The number of aromatic hydroxyl groups is 1. The van der Waals surface area contributed by atoms with E-state index >= 15 is 0 Å². The molecule has 0 spiro atoms. The molecule has 1 N–H and O–H groups in total. The second-order valence-corrected chi connectivity index (χ2v) is 4.63. The van der Waals surface area contributed by atoms with E-state index in [0.717, 1.165) is 12.0 Å². The monoisotopic (exact) mass is 280 g/mol. The number of hydrogen-bond acceptors (Lipinski definition) is 3. The fraction of sp³-hybridized carbons (Fsp3) is 0.111. The maximum absolute atomic E-state index is 11.2. The molecule has 0 atom stereocenters. The number of benzene rings is 2. The van der Waals surface area contributed by atoms with Crippen molar-refractivity contribution < 1.29 is 14.7 Å². The van der Waals surface area contributed by atoms with Crippen molar-refractivity contribution in [2.75, 3.05) is 0 Å². The molecule has 0 aliphatic heterocycles. The number of carbonyl (C=O) groups excluding carboxylic acids is 2. The average molecular weight is 280 g/mol. The fourth-order valence-corrected chi connectivity index (χ4v) is 1.95. The number of phenols is 1. The maximum atomic E-state index is 11.2. The molecule has 0 fully saturated rings. The van der Waals surface area contributed by atoms with Crippen molar-refractivity contribution in [1.82, 2.24) is 0 Å². The molecule has 1 aliphatic rings.